The highest BCUT2D eigenvalue weighted by Crippen LogP contribution is 2.19. The molecule has 7 heteroatoms. The zero-order valence-corrected chi connectivity index (χ0v) is 13.2. The van der Waals surface area contributed by atoms with E-state index in [-0.39, 0.29) is 11.9 Å². The fourth-order valence-corrected chi connectivity index (χ4v) is 3.98. The Hall–Kier alpha value is -1.44. The van der Waals surface area contributed by atoms with Gasteiger partial charge in [-0.2, -0.15) is 4.31 Å². The average molecular weight is 310 g/mol. The van der Waals surface area contributed by atoms with E-state index in [0.29, 0.717) is 31.1 Å². The minimum atomic E-state index is -3.43. The number of hydrogen-bond acceptors (Lipinski definition) is 4. The Morgan fingerprint density at radius 2 is 1.90 bits per heavy atom. The molecule has 1 atom stereocenters. The normalized spacial score (nSPS) is 19.3. The van der Waals surface area contributed by atoms with Gasteiger partial charge in [0.05, 0.1) is 10.9 Å². The van der Waals surface area contributed by atoms with E-state index in [0.717, 1.165) is 5.56 Å². The van der Waals surface area contributed by atoms with Crippen LogP contribution in [0.5, 0.6) is 0 Å². The van der Waals surface area contributed by atoms with Crippen LogP contribution in [0.15, 0.2) is 29.2 Å². The molecule has 1 heterocycles. The number of nitrogens with one attached hydrogen (secondary N) is 1. The number of aryl methyl sites for hydroxylation is 1. The van der Waals surface area contributed by atoms with Gasteiger partial charge in [0, 0.05) is 26.2 Å². The molecule has 0 aromatic heterocycles. The van der Waals surface area contributed by atoms with Crippen LogP contribution in [-0.4, -0.2) is 55.7 Å². The maximum Gasteiger partial charge on any atom is 0.243 e. The topological polar surface area (TPSA) is 90.5 Å². The number of hydrogen-bond donors (Lipinski definition) is 2. The number of piperazine rings is 1. The predicted octanol–water partition coefficient (Wildman–Crippen LogP) is 0.626. The maximum atomic E-state index is 12.6. The van der Waals surface area contributed by atoms with Gasteiger partial charge in [-0.3, -0.25) is 10.3 Å². The number of rotatable bonds is 4. The quantitative estimate of drug-likeness (QED) is 0.630. The zero-order chi connectivity index (χ0) is 15.6. The van der Waals surface area contributed by atoms with E-state index in [1.54, 1.807) is 18.2 Å². The molecule has 1 unspecified atom stereocenters. The number of benzene rings is 1. The molecule has 1 aliphatic heterocycles. The first-order valence-electron chi connectivity index (χ1n) is 6.97. The lowest BCUT2D eigenvalue weighted by molar-refractivity contribution is 0.173. The molecule has 2 rings (SSSR count). The van der Waals surface area contributed by atoms with Gasteiger partial charge in [0.25, 0.3) is 0 Å². The van der Waals surface area contributed by atoms with Crippen molar-refractivity contribution in [2.24, 2.45) is 5.73 Å². The van der Waals surface area contributed by atoms with Gasteiger partial charge in [-0.1, -0.05) is 12.1 Å². The fraction of sp³-hybridized carbons (Fsp3) is 0.500. The van der Waals surface area contributed by atoms with Crippen molar-refractivity contribution in [1.29, 1.82) is 5.41 Å². The van der Waals surface area contributed by atoms with Gasteiger partial charge in [0.2, 0.25) is 10.0 Å². The molecule has 1 aromatic rings. The standard InChI is InChI=1S/C14H22N4O2S/c1-11-4-3-5-13(10-11)21(19,20)18-8-6-17(7-9-18)12(2)14(15)16/h3-5,10,12H,6-9H2,1-2H3,(H3,15,16). The van der Waals surface area contributed by atoms with Gasteiger partial charge in [-0.05, 0) is 31.5 Å². The summed E-state index contributed by atoms with van der Waals surface area (Å²) >= 11 is 0. The minimum absolute atomic E-state index is 0.116. The fourth-order valence-electron chi connectivity index (χ4n) is 2.45. The van der Waals surface area contributed by atoms with Crippen molar-refractivity contribution in [1.82, 2.24) is 9.21 Å². The lowest BCUT2D eigenvalue weighted by atomic mass is 10.2. The molecule has 6 nitrogen and oxygen atoms in total. The van der Waals surface area contributed by atoms with Crippen LogP contribution in [0.2, 0.25) is 0 Å². The molecule has 21 heavy (non-hydrogen) atoms. The summed E-state index contributed by atoms with van der Waals surface area (Å²) in [4.78, 5) is 2.38. The summed E-state index contributed by atoms with van der Waals surface area (Å²) in [6.45, 7) is 5.78. The molecule has 0 aliphatic carbocycles. The molecule has 0 saturated carbocycles. The highest BCUT2D eigenvalue weighted by atomic mass is 32.2. The number of sulfonamides is 1. The molecule has 3 N–H and O–H groups in total. The van der Waals surface area contributed by atoms with Gasteiger partial charge in [-0.15, -0.1) is 0 Å². The van der Waals surface area contributed by atoms with Gasteiger partial charge < -0.3 is 5.73 Å². The summed E-state index contributed by atoms with van der Waals surface area (Å²) in [6, 6.07) is 6.82. The van der Waals surface area contributed by atoms with Crippen LogP contribution in [0, 0.1) is 12.3 Å². The van der Waals surface area contributed by atoms with E-state index < -0.39 is 10.0 Å². The first kappa shape index (κ1) is 15.9. The van der Waals surface area contributed by atoms with Crippen LogP contribution in [0.1, 0.15) is 12.5 Å². The van der Waals surface area contributed by atoms with Gasteiger partial charge in [0.15, 0.2) is 0 Å². The van der Waals surface area contributed by atoms with E-state index in [2.05, 4.69) is 0 Å². The van der Waals surface area contributed by atoms with Crippen LogP contribution in [0.25, 0.3) is 0 Å². The molecule has 116 valence electrons. The predicted molar refractivity (Wildman–Crippen MR) is 82.9 cm³/mol. The second kappa shape index (κ2) is 6.13. The first-order valence-corrected chi connectivity index (χ1v) is 8.41. The van der Waals surface area contributed by atoms with Crippen LogP contribution < -0.4 is 5.73 Å². The van der Waals surface area contributed by atoms with Crippen molar-refractivity contribution in [3.05, 3.63) is 29.8 Å². The third-order valence-corrected chi connectivity index (χ3v) is 5.79. The average Bonchev–Trinajstić information content (AvgIpc) is 2.46. The Morgan fingerprint density at radius 1 is 1.29 bits per heavy atom. The lowest BCUT2D eigenvalue weighted by Crippen LogP contribution is -2.54. The lowest BCUT2D eigenvalue weighted by Gasteiger charge is -2.36. The molecule has 0 spiro atoms. The second-order valence-corrected chi connectivity index (χ2v) is 7.33. The summed E-state index contributed by atoms with van der Waals surface area (Å²) in [7, 11) is -3.43. The highest BCUT2D eigenvalue weighted by molar-refractivity contribution is 7.89. The van der Waals surface area contributed by atoms with Crippen LogP contribution >= 0.6 is 0 Å². The van der Waals surface area contributed by atoms with Crippen molar-refractivity contribution in [2.75, 3.05) is 26.2 Å². The highest BCUT2D eigenvalue weighted by Gasteiger charge is 2.30. The second-order valence-electron chi connectivity index (χ2n) is 5.39. The molecule has 0 bridgehead atoms. The smallest absolute Gasteiger partial charge is 0.243 e. The molecular formula is C14H22N4O2S. The third kappa shape index (κ3) is 3.42. The van der Waals surface area contributed by atoms with Crippen molar-refractivity contribution >= 4 is 15.9 Å². The Bertz CT molecular complexity index is 622. The Balaban J connectivity index is 2.09. The Labute approximate surface area is 126 Å². The van der Waals surface area contributed by atoms with Crippen LogP contribution in [0.4, 0.5) is 0 Å². The number of nitrogens with zero attached hydrogens (tertiary/aromatic N) is 2. The first-order chi connectivity index (χ1) is 9.82. The van der Waals surface area contributed by atoms with E-state index in [4.69, 9.17) is 11.1 Å². The Kier molecular flexibility index (Phi) is 4.65. The van der Waals surface area contributed by atoms with Crippen molar-refractivity contribution in [3.63, 3.8) is 0 Å². The van der Waals surface area contributed by atoms with Gasteiger partial charge >= 0.3 is 0 Å². The molecule has 1 fully saturated rings. The summed E-state index contributed by atoms with van der Waals surface area (Å²) in [5.41, 5.74) is 6.44. The summed E-state index contributed by atoms with van der Waals surface area (Å²) in [5, 5.41) is 7.47. The van der Waals surface area contributed by atoms with Gasteiger partial charge in [0.1, 0.15) is 5.84 Å². The maximum absolute atomic E-state index is 12.6. The van der Waals surface area contributed by atoms with Crippen molar-refractivity contribution in [2.45, 2.75) is 24.8 Å². The molecular weight excluding hydrogens is 288 g/mol. The SMILES string of the molecule is Cc1cccc(S(=O)(=O)N2CCN(C(C)C(=N)N)CC2)c1. The zero-order valence-electron chi connectivity index (χ0n) is 12.4. The molecule has 1 aliphatic rings. The molecule has 1 saturated heterocycles. The minimum Gasteiger partial charge on any atom is -0.386 e. The van der Waals surface area contributed by atoms with Crippen LogP contribution in [0.3, 0.4) is 0 Å². The Morgan fingerprint density at radius 3 is 2.43 bits per heavy atom. The molecule has 0 amide bonds. The van der Waals surface area contributed by atoms with Crippen molar-refractivity contribution in [3.8, 4) is 0 Å². The van der Waals surface area contributed by atoms with Crippen molar-refractivity contribution < 1.29 is 8.42 Å². The van der Waals surface area contributed by atoms with Crippen LogP contribution in [-0.2, 0) is 10.0 Å². The monoisotopic (exact) mass is 310 g/mol. The molecule has 0 radical (unpaired) electrons. The number of amidine groups is 1. The van der Waals surface area contributed by atoms with E-state index >= 15 is 0 Å². The largest absolute Gasteiger partial charge is 0.386 e. The van der Waals surface area contributed by atoms with E-state index in [9.17, 15) is 8.42 Å². The van der Waals surface area contributed by atoms with E-state index in [1.165, 1.54) is 4.31 Å². The summed E-state index contributed by atoms with van der Waals surface area (Å²) in [6.07, 6.45) is 0. The number of nitrogens with two attached hydrogens (primary N) is 1. The molecule has 1 aromatic carbocycles. The van der Waals surface area contributed by atoms with Gasteiger partial charge in [-0.25, -0.2) is 8.42 Å². The third-order valence-electron chi connectivity index (χ3n) is 3.90. The summed E-state index contributed by atoms with van der Waals surface area (Å²) < 4.78 is 26.7. The summed E-state index contributed by atoms with van der Waals surface area (Å²) in [5.74, 6) is 0.116. The van der Waals surface area contributed by atoms with E-state index in [1.807, 2.05) is 24.8 Å².